The molecule has 0 bridgehead atoms. The highest BCUT2D eigenvalue weighted by Crippen LogP contribution is 2.44. The first kappa shape index (κ1) is 51.5. The fourth-order valence-electron chi connectivity index (χ4n) is 11.6. The van der Waals surface area contributed by atoms with E-state index in [0.29, 0.717) is 0 Å². The fourth-order valence-corrected chi connectivity index (χ4v) is 11.6. The van der Waals surface area contributed by atoms with Crippen LogP contribution in [0.15, 0.2) is 143 Å². The summed E-state index contributed by atoms with van der Waals surface area (Å²) in [5, 5.41) is 2.39. The SMILES string of the molecule is CCc1cc(C(c2ccc(OC)cc2)c2cc(CC)c(N=C3C(=Nc4c(CC)cc(C(c5ccc(OC)cc5)c5cc(CC)c(N)c(CC)c5)cc4CC)c4cccc5cccc3c45)c(CC)c2)cc(CC)c1N. The molecule has 9 rings (SSSR count). The van der Waals surface area contributed by atoms with Gasteiger partial charge >= 0.3 is 0 Å². The minimum absolute atomic E-state index is 0.0225. The maximum atomic E-state index is 6.77. The van der Waals surface area contributed by atoms with E-state index in [9.17, 15) is 0 Å². The highest BCUT2D eigenvalue weighted by Gasteiger charge is 2.30. The molecule has 0 amide bonds. The molecule has 8 aromatic carbocycles. The van der Waals surface area contributed by atoms with Gasteiger partial charge in [0.25, 0.3) is 0 Å². The second kappa shape index (κ2) is 22.4. The largest absolute Gasteiger partial charge is 0.497 e. The summed E-state index contributed by atoms with van der Waals surface area (Å²) in [7, 11) is 3.45. The van der Waals surface area contributed by atoms with Crippen molar-refractivity contribution in [2.24, 2.45) is 9.98 Å². The average Bonchev–Trinajstić information content (AvgIpc) is 3.74. The van der Waals surface area contributed by atoms with Gasteiger partial charge in [0.1, 0.15) is 11.5 Å². The van der Waals surface area contributed by atoms with Gasteiger partial charge in [-0.05, 0) is 159 Å². The Balaban J connectivity index is 1.24. The highest BCUT2D eigenvalue weighted by atomic mass is 16.5. The van der Waals surface area contributed by atoms with Crippen LogP contribution in [0.25, 0.3) is 10.8 Å². The Morgan fingerprint density at radius 2 is 0.649 bits per heavy atom. The Morgan fingerprint density at radius 1 is 0.365 bits per heavy atom. The number of ether oxygens (including phenoxy) is 2. The van der Waals surface area contributed by atoms with Gasteiger partial charge in [-0.2, -0.15) is 0 Å². The van der Waals surface area contributed by atoms with Crippen molar-refractivity contribution >= 4 is 44.9 Å². The minimum atomic E-state index is -0.0225. The fraction of sp³-hybridized carbons (Fsp3) is 0.294. The smallest absolute Gasteiger partial charge is 0.118 e. The Morgan fingerprint density at radius 3 is 0.919 bits per heavy atom. The molecule has 0 saturated heterocycles. The summed E-state index contributed by atoms with van der Waals surface area (Å²) in [5.74, 6) is 1.64. The summed E-state index contributed by atoms with van der Waals surface area (Å²) in [6, 6.07) is 49.4. The molecule has 4 N–H and O–H groups in total. The van der Waals surface area contributed by atoms with E-state index < -0.39 is 0 Å². The van der Waals surface area contributed by atoms with E-state index in [1.54, 1.807) is 14.2 Å². The monoisotopic (exact) mass is 979 g/mol. The highest BCUT2D eigenvalue weighted by molar-refractivity contribution is 6.61. The first-order valence-corrected chi connectivity index (χ1v) is 27.2. The molecule has 8 aromatic rings. The molecule has 6 nitrogen and oxygen atoms in total. The number of aliphatic imine (C=N–C) groups is 2. The Labute approximate surface area is 440 Å². The van der Waals surface area contributed by atoms with Crippen LogP contribution in [0, 0.1) is 0 Å². The van der Waals surface area contributed by atoms with Crippen LogP contribution in [0.3, 0.4) is 0 Å². The van der Waals surface area contributed by atoms with Crippen LogP contribution < -0.4 is 20.9 Å². The van der Waals surface area contributed by atoms with Gasteiger partial charge in [0, 0.05) is 39.7 Å². The van der Waals surface area contributed by atoms with Crippen molar-refractivity contribution in [3.63, 3.8) is 0 Å². The van der Waals surface area contributed by atoms with Crippen molar-refractivity contribution in [1.82, 2.24) is 0 Å². The minimum Gasteiger partial charge on any atom is -0.497 e. The van der Waals surface area contributed by atoms with Gasteiger partial charge in [0.05, 0.1) is 37.0 Å². The first-order chi connectivity index (χ1) is 36.0. The second-order valence-corrected chi connectivity index (χ2v) is 19.8. The number of rotatable bonds is 18. The van der Waals surface area contributed by atoms with Crippen LogP contribution in [-0.4, -0.2) is 25.6 Å². The number of aryl methyl sites for hydroxylation is 8. The molecule has 0 spiro atoms. The summed E-state index contributed by atoms with van der Waals surface area (Å²) >= 11 is 0. The lowest BCUT2D eigenvalue weighted by molar-refractivity contribution is 0.414. The van der Waals surface area contributed by atoms with Crippen LogP contribution in [0.4, 0.5) is 22.7 Å². The normalized spacial score (nSPS) is 14.0. The molecule has 1 aliphatic rings. The van der Waals surface area contributed by atoms with Crippen molar-refractivity contribution in [1.29, 1.82) is 0 Å². The molecule has 0 fully saturated rings. The van der Waals surface area contributed by atoms with Crippen molar-refractivity contribution in [2.45, 2.75) is 119 Å². The van der Waals surface area contributed by atoms with E-state index in [-0.39, 0.29) is 11.8 Å². The third-order valence-electron chi connectivity index (χ3n) is 15.7. The van der Waals surface area contributed by atoms with E-state index in [4.69, 9.17) is 30.9 Å². The maximum Gasteiger partial charge on any atom is 0.118 e. The molecule has 378 valence electrons. The van der Waals surface area contributed by atoms with E-state index in [0.717, 1.165) is 108 Å². The quantitative estimate of drug-likeness (QED) is 0.0661. The Hall–Kier alpha value is -7.44. The van der Waals surface area contributed by atoms with Crippen molar-refractivity contribution < 1.29 is 9.47 Å². The zero-order valence-electron chi connectivity index (χ0n) is 45.4. The van der Waals surface area contributed by atoms with Gasteiger partial charge < -0.3 is 20.9 Å². The van der Waals surface area contributed by atoms with Crippen molar-refractivity contribution in [2.75, 3.05) is 25.7 Å². The topological polar surface area (TPSA) is 95.2 Å². The molecule has 0 aromatic heterocycles. The number of methoxy groups -OCH3 is 2. The predicted molar refractivity (Wildman–Crippen MR) is 314 cm³/mol. The molecule has 1 aliphatic carbocycles. The zero-order chi connectivity index (χ0) is 52.2. The molecule has 6 heteroatoms. The van der Waals surface area contributed by atoms with Crippen LogP contribution in [-0.2, 0) is 51.4 Å². The number of nitrogen functional groups attached to an aromatic ring is 2. The number of hydrogen-bond acceptors (Lipinski definition) is 6. The number of benzene rings is 8. The summed E-state index contributed by atoms with van der Waals surface area (Å²) in [5.41, 5.74) is 38.5. The first-order valence-electron chi connectivity index (χ1n) is 27.2. The van der Waals surface area contributed by atoms with Gasteiger partial charge in [-0.3, -0.25) is 0 Å². The van der Waals surface area contributed by atoms with Crippen LogP contribution >= 0.6 is 0 Å². The summed E-state index contributed by atoms with van der Waals surface area (Å²) in [6.45, 7) is 17.8. The number of nitrogens with two attached hydrogens (primary N) is 2. The van der Waals surface area contributed by atoms with Crippen LogP contribution in [0.1, 0.15) is 156 Å². The average molecular weight is 979 g/mol. The van der Waals surface area contributed by atoms with Gasteiger partial charge in [0.2, 0.25) is 0 Å². The van der Waals surface area contributed by atoms with Gasteiger partial charge in [-0.1, -0.05) is 165 Å². The number of anilines is 2. The lowest BCUT2D eigenvalue weighted by Crippen LogP contribution is -2.12. The maximum absolute atomic E-state index is 6.77. The van der Waals surface area contributed by atoms with Crippen LogP contribution in [0.2, 0.25) is 0 Å². The predicted octanol–water partition coefficient (Wildman–Crippen LogP) is 16.1. The van der Waals surface area contributed by atoms with E-state index >= 15 is 0 Å². The third kappa shape index (κ3) is 9.63. The number of hydrogen-bond donors (Lipinski definition) is 2. The lowest BCUT2D eigenvalue weighted by atomic mass is 9.81. The molecule has 74 heavy (non-hydrogen) atoms. The third-order valence-corrected chi connectivity index (χ3v) is 15.7. The molecule has 0 heterocycles. The molecular formula is C68H74N4O2. The van der Waals surface area contributed by atoms with Crippen LogP contribution in [0.5, 0.6) is 11.5 Å². The molecule has 0 radical (unpaired) electrons. The van der Waals surface area contributed by atoms with Crippen molar-refractivity contribution in [3.05, 3.63) is 222 Å². The Bertz CT molecular complexity index is 3090. The van der Waals surface area contributed by atoms with E-state index in [2.05, 4.69) is 189 Å². The van der Waals surface area contributed by atoms with E-state index in [1.807, 2.05) is 0 Å². The standard InChI is InChI=1S/C68H74N4O2/c1-11-41-33-52(34-42(12-2)63(41)69)60(50-25-29-56(73-9)30-26-50)54-37-45(15-5)65(46(16-6)38-54)71-67-58-23-19-21-49-22-20-24-59(62(49)58)68(67)72-66-47(17-7)39-55(40-48(66)18-8)61(51-27-31-57(74-10)32-28-51)53-35-43(13-3)64(70)44(14-4)36-53/h19-40,60-61H,11-18,69-70H2,1-10H3. The summed E-state index contributed by atoms with van der Waals surface area (Å²) in [6.07, 6.45) is 6.75. The van der Waals surface area contributed by atoms with Crippen molar-refractivity contribution in [3.8, 4) is 11.5 Å². The summed E-state index contributed by atoms with van der Waals surface area (Å²) in [4.78, 5) is 11.7. The Kier molecular flexibility index (Phi) is 15.5. The molecule has 2 atom stereocenters. The summed E-state index contributed by atoms with van der Waals surface area (Å²) < 4.78 is 11.3. The molecule has 0 aliphatic heterocycles. The molecular weight excluding hydrogens is 905 g/mol. The molecule has 0 saturated carbocycles. The van der Waals surface area contributed by atoms with Gasteiger partial charge in [-0.15, -0.1) is 0 Å². The second-order valence-electron chi connectivity index (χ2n) is 19.8. The van der Waals surface area contributed by atoms with E-state index in [1.165, 1.54) is 88.7 Å². The molecule has 2 unspecified atom stereocenters. The lowest BCUT2D eigenvalue weighted by Gasteiger charge is -2.24. The van der Waals surface area contributed by atoms with Gasteiger partial charge in [0.15, 0.2) is 0 Å². The van der Waals surface area contributed by atoms with Gasteiger partial charge in [-0.25, -0.2) is 9.98 Å². The number of nitrogens with zero attached hydrogens (tertiary/aromatic N) is 2. The zero-order valence-corrected chi connectivity index (χ0v) is 45.4.